The summed E-state index contributed by atoms with van der Waals surface area (Å²) in [4.78, 5) is 22.3. The van der Waals surface area contributed by atoms with Crippen LogP contribution in [0.15, 0.2) is 6.07 Å². The zero-order valence-corrected chi connectivity index (χ0v) is 9.80. The Morgan fingerprint density at radius 2 is 2.07 bits per heavy atom. The Hall–Kier alpha value is -1.16. The molecule has 1 aromatic rings. The van der Waals surface area contributed by atoms with Crippen LogP contribution in [-0.2, 0) is 0 Å². The van der Waals surface area contributed by atoms with Gasteiger partial charge in [-0.1, -0.05) is 20.8 Å². The fourth-order valence-corrected chi connectivity index (χ4v) is 2.27. The molecular formula is C11H14O3S. The Morgan fingerprint density at radius 1 is 1.47 bits per heavy atom. The van der Waals surface area contributed by atoms with Gasteiger partial charge in [-0.3, -0.25) is 4.79 Å². The minimum Gasteiger partial charge on any atom is -0.477 e. The molecule has 82 valence electrons. The van der Waals surface area contributed by atoms with Crippen molar-refractivity contribution in [1.29, 1.82) is 0 Å². The van der Waals surface area contributed by atoms with E-state index in [2.05, 4.69) is 0 Å². The van der Waals surface area contributed by atoms with E-state index in [9.17, 15) is 9.59 Å². The van der Waals surface area contributed by atoms with Gasteiger partial charge in [-0.05, 0) is 23.5 Å². The molecule has 0 amide bonds. The van der Waals surface area contributed by atoms with Gasteiger partial charge in [0, 0.05) is 0 Å². The lowest BCUT2D eigenvalue weighted by Gasteiger charge is -2.14. The van der Waals surface area contributed by atoms with E-state index in [0.29, 0.717) is 22.0 Å². The first-order valence-electron chi connectivity index (χ1n) is 4.79. The normalized spacial score (nSPS) is 12.8. The molecule has 0 bridgehead atoms. The third kappa shape index (κ3) is 2.45. The Balaban J connectivity index is 3.20. The van der Waals surface area contributed by atoms with Gasteiger partial charge >= 0.3 is 5.97 Å². The molecule has 1 unspecified atom stereocenters. The molecule has 0 aromatic carbocycles. The van der Waals surface area contributed by atoms with Gasteiger partial charge in [-0.2, -0.15) is 0 Å². The number of carboxylic acids is 1. The Bertz CT molecular complexity index is 379. The topological polar surface area (TPSA) is 54.4 Å². The molecule has 0 fully saturated rings. The third-order valence-corrected chi connectivity index (χ3v) is 3.65. The summed E-state index contributed by atoms with van der Waals surface area (Å²) in [6.07, 6.45) is 0.702. The van der Waals surface area contributed by atoms with Crippen LogP contribution in [0.25, 0.3) is 0 Å². The average Bonchev–Trinajstić information content (AvgIpc) is 2.60. The first-order chi connectivity index (χ1) is 6.97. The van der Waals surface area contributed by atoms with Gasteiger partial charge in [-0.25, -0.2) is 4.79 Å². The molecule has 0 aliphatic carbocycles. The molecule has 1 rings (SSSR count). The number of hydrogen-bond donors (Lipinski definition) is 1. The van der Waals surface area contributed by atoms with Gasteiger partial charge < -0.3 is 5.11 Å². The second-order valence-corrected chi connectivity index (χ2v) is 4.97. The lowest BCUT2D eigenvalue weighted by atomic mass is 9.90. The van der Waals surface area contributed by atoms with E-state index in [1.54, 1.807) is 6.07 Å². The van der Waals surface area contributed by atoms with Crippen molar-refractivity contribution in [2.45, 2.75) is 26.7 Å². The maximum atomic E-state index is 11.0. The first kappa shape index (κ1) is 11.9. The minimum atomic E-state index is -0.949. The van der Waals surface area contributed by atoms with Gasteiger partial charge in [-0.15, -0.1) is 11.3 Å². The van der Waals surface area contributed by atoms with Crippen molar-refractivity contribution < 1.29 is 14.7 Å². The quantitative estimate of drug-likeness (QED) is 0.803. The molecule has 1 N–H and O–H groups in total. The molecule has 3 nitrogen and oxygen atoms in total. The van der Waals surface area contributed by atoms with E-state index in [1.165, 1.54) is 0 Å². The molecule has 1 aromatic heterocycles. The van der Waals surface area contributed by atoms with Gasteiger partial charge in [0.05, 0.1) is 4.88 Å². The van der Waals surface area contributed by atoms with Crippen LogP contribution in [0, 0.1) is 5.92 Å². The van der Waals surface area contributed by atoms with Crippen LogP contribution in [0.2, 0.25) is 0 Å². The smallest absolute Gasteiger partial charge is 0.346 e. The van der Waals surface area contributed by atoms with Gasteiger partial charge in [0.2, 0.25) is 0 Å². The second-order valence-electron chi connectivity index (χ2n) is 3.89. The van der Waals surface area contributed by atoms with Crippen LogP contribution in [0.1, 0.15) is 51.6 Å². The van der Waals surface area contributed by atoms with Gasteiger partial charge in [0.25, 0.3) is 0 Å². The summed E-state index contributed by atoms with van der Waals surface area (Å²) in [5, 5.41) is 9.00. The molecule has 4 heteroatoms. The van der Waals surface area contributed by atoms with Crippen LogP contribution in [-0.4, -0.2) is 17.4 Å². The number of carbonyl (C=O) groups is 2. The van der Waals surface area contributed by atoms with Crippen LogP contribution < -0.4 is 0 Å². The summed E-state index contributed by atoms with van der Waals surface area (Å²) in [6, 6.07) is 1.69. The summed E-state index contributed by atoms with van der Waals surface area (Å²) < 4.78 is 0. The van der Waals surface area contributed by atoms with E-state index < -0.39 is 5.97 Å². The highest BCUT2D eigenvalue weighted by atomic mass is 32.1. The van der Waals surface area contributed by atoms with Gasteiger partial charge in [0.1, 0.15) is 4.88 Å². The third-order valence-electron chi connectivity index (χ3n) is 2.58. The summed E-state index contributed by atoms with van der Waals surface area (Å²) in [7, 11) is 0. The molecule has 0 saturated carbocycles. The fourth-order valence-electron chi connectivity index (χ4n) is 1.35. The number of aldehydes is 1. The maximum Gasteiger partial charge on any atom is 0.346 e. The van der Waals surface area contributed by atoms with E-state index in [-0.39, 0.29) is 5.92 Å². The number of rotatable bonds is 4. The summed E-state index contributed by atoms with van der Waals surface area (Å²) in [6.45, 7) is 6.05. The van der Waals surface area contributed by atoms with Crippen LogP contribution in [0.5, 0.6) is 0 Å². The van der Waals surface area contributed by atoms with Crippen molar-refractivity contribution >= 4 is 23.6 Å². The molecule has 15 heavy (non-hydrogen) atoms. The highest BCUT2D eigenvalue weighted by Gasteiger charge is 2.21. The van der Waals surface area contributed by atoms with Crippen molar-refractivity contribution in [3.63, 3.8) is 0 Å². The van der Waals surface area contributed by atoms with E-state index in [4.69, 9.17) is 5.11 Å². The maximum absolute atomic E-state index is 11.0. The number of hydrogen-bond acceptors (Lipinski definition) is 3. The van der Waals surface area contributed by atoms with Crippen molar-refractivity contribution in [2.75, 3.05) is 0 Å². The zero-order valence-electron chi connectivity index (χ0n) is 8.98. The molecule has 1 atom stereocenters. The lowest BCUT2D eigenvalue weighted by Crippen LogP contribution is -2.06. The van der Waals surface area contributed by atoms with Crippen molar-refractivity contribution in [3.05, 3.63) is 21.4 Å². The lowest BCUT2D eigenvalue weighted by molar-refractivity contribution is 0.0700. The van der Waals surface area contributed by atoms with Crippen molar-refractivity contribution in [3.8, 4) is 0 Å². The largest absolute Gasteiger partial charge is 0.477 e. The number of thiophene rings is 1. The van der Waals surface area contributed by atoms with Crippen molar-refractivity contribution in [2.24, 2.45) is 5.92 Å². The summed E-state index contributed by atoms with van der Waals surface area (Å²) in [5.41, 5.74) is 0.768. The average molecular weight is 226 g/mol. The number of carboxylic acid groups (broad SMARTS) is 1. The molecule has 1 heterocycles. The first-order valence-corrected chi connectivity index (χ1v) is 5.61. The molecular weight excluding hydrogens is 212 g/mol. The zero-order chi connectivity index (χ0) is 11.6. The highest BCUT2D eigenvalue weighted by molar-refractivity contribution is 7.15. The van der Waals surface area contributed by atoms with E-state index >= 15 is 0 Å². The molecule has 0 spiro atoms. The predicted octanol–water partition coefficient (Wildman–Crippen LogP) is 3.02. The minimum absolute atomic E-state index is 0.154. The Morgan fingerprint density at radius 3 is 2.47 bits per heavy atom. The number of carbonyl (C=O) groups excluding carboxylic acids is 1. The molecule has 0 saturated heterocycles. The standard InChI is InChI=1S/C11H14O3S/c1-6(2)7(3)9-4-8(5-12)15-10(9)11(13)14/h4-7H,1-3H3,(H,13,14). The fraction of sp³-hybridized carbons (Fsp3) is 0.455. The van der Waals surface area contributed by atoms with Crippen LogP contribution in [0.4, 0.5) is 0 Å². The van der Waals surface area contributed by atoms with E-state index in [1.807, 2.05) is 20.8 Å². The Labute approximate surface area is 92.7 Å². The second kappa shape index (κ2) is 4.57. The monoisotopic (exact) mass is 226 g/mol. The van der Waals surface area contributed by atoms with Crippen molar-refractivity contribution in [1.82, 2.24) is 0 Å². The van der Waals surface area contributed by atoms with Crippen LogP contribution >= 0.6 is 11.3 Å². The highest BCUT2D eigenvalue weighted by Crippen LogP contribution is 2.32. The number of aromatic carboxylic acids is 1. The molecule has 0 aliphatic rings. The predicted molar refractivity (Wildman–Crippen MR) is 59.9 cm³/mol. The van der Waals surface area contributed by atoms with Gasteiger partial charge in [0.15, 0.2) is 6.29 Å². The Kier molecular flexibility index (Phi) is 3.63. The summed E-state index contributed by atoms with van der Waals surface area (Å²) >= 11 is 1.05. The molecule has 0 radical (unpaired) electrons. The van der Waals surface area contributed by atoms with E-state index in [0.717, 1.165) is 16.9 Å². The molecule has 0 aliphatic heterocycles. The SMILES string of the molecule is CC(C)C(C)c1cc(C=O)sc1C(=O)O. The van der Waals surface area contributed by atoms with Crippen LogP contribution in [0.3, 0.4) is 0 Å². The summed E-state index contributed by atoms with van der Waals surface area (Å²) in [5.74, 6) is -0.436.